The fourth-order valence-corrected chi connectivity index (χ4v) is 9.12. The van der Waals surface area contributed by atoms with Crippen molar-refractivity contribution in [2.24, 2.45) is 5.92 Å². The molecule has 1 aromatic carbocycles. The van der Waals surface area contributed by atoms with E-state index in [1.807, 2.05) is 0 Å². The van der Waals surface area contributed by atoms with Gasteiger partial charge in [-0.1, -0.05) is 102 Å². The summed E-state index contributed by atoms with van der Waals surface area (Å²) in [5, 5.41) is 12.0. The van der Waals surface area contributed by atoms with Crippen LogP contribution in [0, 0.1) is 5.92 Å². The molecule has 4 fully saturated rings. The van der Waals surface area contributed by atoms with E-state index in [4.69, 9.17) is 4.84 Å². The van der Waals surface area contributed by atoms with Gasteiger partial charge in [-0.05, 0) is 80.9 Å². The van der Waals surface area contributed by atoms with E-state index in [9.17, 15) is 4.79 Å². The van der Waals surface area contributed by atoms with Gasteiger partial charge in [0.1, 0.15) is 17.9 Å². The highest BCUT2D eigenvalue weighted by atomic mass is 16.7. The maximum Gasteiger partial charge on any atom is 0.242 e. The van der Waals surface area contributed by atoms with Gasteiger partial charge in [-0.15, -0.1) is 0 Å². The number of nitrogens with one attached hydrogen (secondary N) is 3. The second-order valence-electron chi connectivity index (χ2n) is 14.9. The van der Waals surface area contributed by atoms with Crippen molar-refractivity contribution in [1.82, 2.24) is 26.1 Å². The molecule has 5 atom stereocenters. The zero-order valence-corrected chi connectivity index (χ0v) is 28.0. The number of rotatable bonds is 6. The number of amides is 1. The fraction of sp³-hybridized carbons (Fsp3) is 0.811. The summed E-state index contributed by atoms with van der Waals surface area (Å²) < 4.78 is 0. The van der Waals surface area contributed by atoms with Gasteiger partial charge in [0.2, 0.25) is 5.91 Å². The molecule has 5 aliphatic rings. The van der Waals surface area contributed by atoms with Crippen molar-refractivity contribution >= 4 is 5.91 Å². The molecular weight excluding hydrogens is 546 g/mol. The number of fused-ring (bicyclic) bond motifs is 1. The average Bonchev–Trinajstić information content (AvgIpc) is 3.75. The highest BCUT2D eigenvalue weighted by molar-refractivity contribution is 5.87. The van der Waals surface area contributed by atoms with E-state index in [1.54, 1.807) is 0 Å². The lowest BCUT2D eigenvalue weighted by molar-refractivity contribution is -0.194. The molecule has 2 heterocycles. The Morgan fingerprint density at radius 3 is 2.18 bits per heavy atom. The van der Waals surface area contributed by atoms with Gasteiger partial charge in [-0.3, -0.25) is 14.9 Å². The largest absolute Gasteiger partial charge is 0.348 e. The topological polar surface area (TPSA) is 68.9 Å². The van der Waals surface area contributed by atoms with Gasteiger partial charge < -0.3 is 5.32 Å². The van der Waals surface area contributed by atoms with Gasteiger partial charge in [0.25, 0.3) is 0 Å². The molecule has 7 heteroatoms. The number of nitrogens with zero attached hydrogens (tertiary/aromatic N) is 2. The van der Waals surface area contributed by atoms with Crippen LogP contribution in [0.15, 0.2) is 18.2 Å². The van der Waals surface area contributed by atoms with Crippen molar-refractivity contribution in [3.8, 4) is 0 Å². The van der Waals surface area contributed by atoms with E-state index in [-0.39, 0.29) is 24.3 Å². The second-order valence-corrected chi connectivity index (χ2v) is 14.9. The first-order chi connectivity index (χ1) is 21.5. The van der Waals surface area contributed by atoms with Crippen LogP contribution in [0.2, 0.25) is 0 Å². The molecule has 0 spiro atoms. The molecule has 0 radical (unpaired) electrons. The molecule has 2 saturated heterocycles. The van der Waals surface area contributed by atoms with Gasteiger partial charge in [0.15, 0.2) is 0 Å². The molecule has 7 nitrogen and oxygen atoms in total. The number of carbonyl (C=O) groups is 1. The van der Waals surface area contributed by atoms with E-state index in [1.165, 1.54) is 107 Å². The summed E-state index contributed by atoms with van der Waals surface area (Å²) >= 11 is 0. The predicted molar refractivity (Wildman–Crippen MR) is 177 cm³/mol. The highest BCUT2D eigenvalue weighted by Crippen LogP contribution is 2.41. The van der Waals surface area contributed by atoms with Crippen LogP contribution in [-0.2, 0) is 16.1 Å². The standard InChI is InChI=1S/C37H61N5O2/c1-4-34-39-35(42(44-34)31-19-15-11-7-8-12-16-20-31)29-21-23-32-28(25-29)22-24-33(32)38-36(43)37(26-27(2)41(3)40-37)30-17-13-9-5-6-10-14-18-30/h21,23,25,27,30-31,33-35,39-40H,4-20,22,24,26H2,1-3H3,(H,38,43)/t27?,33-,34?,35?,37?/m1/s1. The lowest BCUT2D eigenvalue weighted by Gasteiger charge is -2.38. The van der Waals surface area contributed by atoms with Crippen molar-refractivity contribution in [2.45, 2.75) is 178 Å². The molecule has 1 aromatic rings. The first-order valence-corrected chi connectivity index (χ1v) is 18.6. The quantitative estimate of drug-likeness (QED) is 0.310. The summed E-state index contributed by atoms with van der Waals surface area (Å²) in [7, 11) is 2.12. The molecule has 6 rings (SSSR count). The fourth-order valence-electron chi connectivity index (χ4n) is 9.12. The van der Waals surface area contributed by atoms with Crippen molar-refractivity contribution in [3.05, 3.63) is 34.9 Å². The average molecular weight is 608 g/mol. The van der Waals surface area contributed by atoms with Crippen LogP contribution in [0.25, 0.3) is 0 Å². The van der Waals surface area contributed by atoms with Crippen molar-refractivity contribution in [2.75, 3.05) is 7.05 Å². The maximum atomic E-state index is 14.4. The van der Waals surface area contributed by atoms with E-state index in [2.05, 4.69) is 65.2 Å². The summed E-state index contributed by atoms with van der Waals surface area (Å²) in [6.45, 7) is 4.47. The Morgan fingerprint density at radius 2 is 1.57 bits per heavy atom. The Labute approximate surface area is 267 Å². The second kappa shape index (κ2) is 14.9. The number of hydrogen-bond donors (Lipinski definition) is 3. The third-order valence-corrected chi connectivity index (χ3v) is 11.9. The van der Waals surface area contributed by atoms with Crippen molar-refractivity contribution < 1.29 is 9.63 Å². The van der Waals surface area contributed by atoms with Gasteiger partial charge in [-0.2, -0.15) is 5.06 Å². The van der Waals surface area contributed by atoms with Gasteiger partial charge in [0, 0.05) is 19.1 Å². The smallest absolute Gasteiger partial charge is 0.242 e. The molecule has 2 aliphatic heterocycles. The van der Waals surface area contributed by atoms with E-state index < -0.39 is 5.54 Å². The number of aryl methyl sites for hydroxylation is 1. The Morgan fingerprint density at radius 1 is 0.932 bits per heavy atom. The molecule has 4 unspecified atom stereocenters. The first-order valence-electron chi connectivity index (χ1n) is 18.6. The maximum absolute atomic E-state index is 14.4. The molecule has 0 aromatic heterocycles. The van der Waals surface area contributed by atoms with Crippen LogP contribution in [0.1, 0.15) is 165 Å². The molecule has 1 amide bonds. The molecule has 0 bridgehead atoms. The van der Waals surface area contributed by atoms with Crippen LogP contribution >= 0.6 is 0 Å². The van der Waals surface area contributed by atoms with E-state index in [0.717, 1.165) is 38.5 Å². The molecule has 3 aliphatic carbocycles. The lowest BCUT2D eigenvalue weighted by atomic mass is 9.75. The summed E-state index contributed by atoms with van der Waals surface area (Å²) in [6.07, 6.45) is 24.6. The van der Waals surface area contributed by atoms with Gasteiger partial charge in [-0.25, -0.2) is 10.4 Å². The third-order valence-electron chi connectivity index (χ3n) is 11.9. The Hall–Kier alpha value is -1.51. The van der Waals surface area contributed by atoms with Gasteiger partial charge >= 0.3 is 0 Å². The minimum absolute atomic E-state index is 0.0705. The Balaban J connectivity index is 1.18. The summed E-state index contributed by atoms with van der Waals surface area (Å²) in [5.41, 5.74) is 7.26. The molecule has 44 heavy (non-hydrogen) atoms. The van der Waals surface area contributed by atoms with E-state index in [0.29, 0.717) is 18.0 Å². The molecular formula is C37H61N5O2. The zero-order valence-electron chi connectivity index (χ0n) is 28.0. The number of hydrogen-bond acceptors (Lipinski definition) is 6. The number of benzene rings is 1. The van der Waals surface area contributed by atoms with Crippen molar-refractivity contribution in [1.29, 1.82) is 0 Å². The van der Waals surface area contributed by atoms with Crippen LogP contribution in [0.3, 0.4) is 0 Å². The summed E-state index contributed by atoms with van der Waals surface area (Å²) in [5.74, 6) is 0.614. The predicted octanol–water partition coefficient (Wildman–Crippen LogP) is 7.58. The minimum Gasteiger partial charge on any atom is -0.348 e. The zero-order chi connectivity index (χ0) is 30.5. The van der Waals surface area contributed by atoms with Crippen LogP contribution in [0.5, 0.6) is 0 Å². The molecule has 3 N–H and O–H groups in total. The SMILES string of the molecule is CCC1NC(c2ccc3c(c2)CC[C@H]3NC(=O)C2(C3CCCCCCCC3)CC(C)N(C)N2)N(C2CCCCCCCC2)O1. The van der Waals surface area contributed by atoms with E-state index >= 15 is 0 Å². The lowest BCUT2D eigenvalue weighted by Crippen LogP contribution is -2.60. The van der Waals surface area contributed by atoms with Gasteiger partial charge in [0.05, 0.1) is 6.04 Å². The minimum atomic E-state index is -0.502. The number of hydroxylamine groups is 2. The van der Waals surface area contributed by atoms with Crippen LogP contribution < -0.4 is 16.1 Å². The first kappa shape index (κ1) is 32.4. The summed E-state index contributed by atoms with van der Waals surface area (Å²) in [4.78, 5) is 21.0. The third kappa shape index (κ3) is 7.07. The normalized spacial score (nSPS) is 34.0. The highest BCUT2D eigenvalue weighted by Gasteiger charge is 2.52. The van der Waals surface area contributed by atoms with Crippen molar-refractivity contribution in [3.63, 3.8) is 0 Å². The number of carbonyl (C=O) groups excluding carboxylic acids is 1. The number of hydrazine groups is 1. The summed E-state index contributed by atoms with van der Waals surface area (Å²) in [6, 6.07) is 7.95. The van der Waals surface area contributed by atoms with Crippen LogP contribution in [0.4, 0.5) is 0 Å². The monoisotopic (exact) mass is 607 g/mol. The molecule has 2 saturated carbocycles. The van der Waals surface area contributed by atoms with Crippen LogP contribution in [-0.4, -0.2) is 46.9 Å². The molecule has 246 valence electrons. The Bertz CT molecular complexity index is 1070. The Kier molecular flexibility index (Phi) is 11.0.